The van der Waals surface area contributed by atoms with Crippen molar-refractivity contribution in [2.45, 2.75) is 52.7 Å². The van der Waals surface area contributed by atoms with Crippen LogP contribution in [0.4, 0.5) is 0 Å². The molecule has 20 heavy (non-hydrogen) atoms. The molecule has 0 spiro atoms. The van der Waals surface area contributed by atoms with Gasteiger partial charge in [-0.1, -0.05) is 20.8 Å². The largest absolute Gasteiger partial charge is 0.478 e. The van der Waals surface area contributed by atoms with Gasteiger partial charge in [-0.2, -0.15) is 0 Å². The summed E-state index contributed by atoms with van der Waals surface area (Å²) in [6, 6.07) is 1.54. The van der Waals surface area contributed by atoms with Crippen molar-refractivity contribution in [3.8, 4) is 0 Å². The van der Waals surface area contributed by atoms with Crippen LogP contribution in [0.15, 0.2) is 16.7 Å². The lowest BCUT2D eigenvalue weighted by Crippen LogP contribution is -2.37. The molecule has 4 heteroatoms. The Morgan fingerprint density at radius 1 is 1.50 bits per heavy atom. The third-order valence-electron chi connectivity index (χ3n) is 6.04. The van der Waals surface area contributed by atoms with Crippen LogP contribution in [0.1, 0.15) is 56.2 Å². The molecule has 0 amide bonds. The summed E-state index contributed by atoms with van der Waals surface area (Å²) in [6.45, 7) is 7.39. The highest BCUT2D eigenvalue weighted by atomic mass is 16.5. The molecule has 0 aromatic carbocycles. The van der Waals surface area contributed by atoms with Crippen molar-refractivity contribution in [1.29, 1.82) is 0 Å². The Morgan fingerprint density at radius 3 is 2.75 bits per heavy atom. The van der Waals surface area contributed by atoms with Gasteiger partial charge in [0.2, 0.25) is 0 Å². The third-order valence-corrected chi connectivity index (χ3v) is 6.04. The van der Waals surface area contributed by atoms with Crippen LogP contribution in [0.25, 0.3) is 0 Å². The SMILES string of the molecule is CC1(C)C2CCC1(C)C(OCc1cc(C(=O)O)co1)C2. The zero-order valence-corrected chi connectivity index (χ0v) is 12.3. The molecule has 0 radical (unpaired) electrons. The van der Waals surface area contributed by atoms with Crippen LogP contribution in [-0.4, -0.2) is 17.2 Å². The molecular weight excluding hydrogens is 256 g/mol. The monoisotopic (exact) mass is 278 g/mol. The number of rotatable bonds is 4. The van der Waals surface area contributed by atoms with E-state index in [2.05, 4.69) is 20.8 Å². The quantitative estimate of drug-likeness (QED) is 0.912. The lowest BCUT2D eigenvalue weighted by Gasteiger charge is -2.38. The summed E-state index contributed by atoms with van der Waals surface area (Å²) in [6.07, 6.45) is 5.14. The Balaban J connectivity index is 1.66. The van der Waals surface area contributed by atoms with Gasteiger partial charge in [0.05, 0.1) is 11.7 Å². The Hall–Kier alpha value is -1.29. The predicted octanol–water partition coefficient (Wildman–Crippen LogP) is 3.71. The number of carboxylic acids is 1. The van der Waals surface area contributed by atoms with E-state index in [-0.39, 0.29) is 17.1 Å². The molecule has 110 valence electrons. The molecule has 1 heterocycles. The minimum absolute atomic E-state index is 0.183. The van der Waals surface area contributed by atoms with Gasteiger partial charge < -0.3 is 14.3 Å². The number of furan rings is 1. The molecule has 0 saturated heterocycles. The van der Waals surface area contributed by atoms with E-state index in [1.54, 1.807) is 6.07 Å². The zero-order chi connectivity index (χ0) is 14.5. The van der Waals surface area contributed by atoms with Crippen molar-refractivity contribution >= 4 is 5.97 Å². The molecule has 2 aliphatic rings. The van der Waals surface area contributed by atoms with E-state index in [4.69, 9.17) is 14.3 Å². The first kappa shape index (κ1) is 13.7. The molecule has 2 saturated carbocycles. The molecule has 0 aliphatic heterocycles. The van der Waals surface area contributed by atoms with E-state index in [1.807, 2.05) is 0 Å². The summed E-state index contributed by atoms with van der Waals surface area (Å²) in [5, 5.41) is 8.87. The first-order valence-electron chi connectivity index (χ1n) is 7.27. The molecule has 3 unspecified atom stereocenters. The molecule has 1 aromatic heterocycles. The first-order chi connectivity index (χ1) is 9.34. The van der Waals surface area contributed by atoms with E-state index in [1.165, 1.54) is 19.1 Å². The maximum atomic E-state index is 10.8. The molecule has 1 aromatic rings. The molecule has 3 rings (SSSR count). The van der Waals surface area contributed by atoms with Crippen LogP contribution in [-0.2, 0) is 11.3 Å². The highest BCUT2D eigenvalue weighted by Crippen LogP contribution is 2.66. The number of hydrogen-bond donors (Lipinski definition) is 1. The summed E-state index contributed by atoms with van der Waals surface area (Å²) >= 11 is 0. The van der Waals surface area contributed by atoms with E-state index in [0.29, 0.717) is 17.8 Å². The van der Waals surface area contributed by atoms with Gasteiger partial charge in [0.25, 0.3) is 0 Å². The van der Waals surface area contributed by atoms with E-state index in [9.17, 15) is 4.79 Å². The van der Waals surface area contributed by atoms with Crippen molar-refractivity contribution in [3.63, 3.8) is 0 Å². The second-order valence-corrected chi connectivity index (χ2v) is 7.02. The van der Waals surface area contributed by atoms with E-state index >= 15 is 0 Å². The lowest BCUT2D eigenvalue weighted by molar-refractivity contribution is -0.0597. The van der Waals surface area contributed by atoms with Gasteiger partial charge in [-0.15, -0.1) is 0 Å². The number of carboxylic acid groups (broad SMARTS) is 1. The Bertz CT molecular complexity index is 530. The lowest BCUT2D eigenvalue weighted by atomic mass is 9.70. The summed E-state index contributed by atoms with van der Waals surface area (Å²) in [4.78, 5) is 10.8. The Kier molecular flexibility index (Phi) is 2.98. The van der Waals surface area contributed by atoms with Crippen LogP contribution in [0.2, 0.25) is 0 Å². The van der Waals surface area contributed by atoms with Crippen LogP contribution >= 0.6 is 0 Å². The van der Waals surface area contributed by atoms with Gasteiger partial charge in [-0.25, -0.2) is 4.79 Å². The summed E-state index contributed by atoms with van der Waals surface area (Å²) in [5.41, 5.74) is 0.732. The fraction of sp³-hybridized carbons (Fsp3) is 0.688. The highest BCUT2D eigenvalue weighted by Gasteiger charge is 2.61. The maximum absolute atomic E-state index is 10.8. The van der Waals surface area contributed by atoms with Gasteiger partial charge in [0, 0.05) is 0 Å². The number of ether oxygens (including phenoxy) is 1. The molecule has 3 atom stereocenters. The molecule has 2 fully saturated rings. The van der Waals surface area contributed by atoms with Crippen molar-refractivity contribution in [2.75, 3.05) is 0 Å². The van der Waals surface area contributed by atoms with E-state index < -0.39 is 5.97 Å². The van der Waals surface area contributed by atoms with E-state index in [0.717, 1.165) is 12.3 Å². The van der Waals surface area contributed by atoms with Crippen molar-refractivity contribution in [2.24, 2.45) is 16.7 Å². The number of carbonyl (C=O) groups is 1. The standard InChI is InChI=1S/C16H22O4/c1-15(2)11-4-5-16(15,3)13(7-11)20-9-12-6-10(8-19-12)14(17)18/h6,8,11,13H,4-5,7,9H2,1-3H3,(H,17,18). The van der Waals surface area contributed by atoms with Gasteiger partial charge in [-0.3, -0.25) is 0 Å². The van der Waals surface area contributed by atoms with Gasteiger partial charge in [0.15, 0.2) is 0 Å². The van der Waals surface area contributed by atoms with Crippen LogP contribution < -0.4 is 0 Å². The zero-order valence-electron chi connectivity index (χ0n) is 12.3. The minimum atomic E-state index is -0.965. The van der Waals surface area contributed by atoms with Crippen LogP contribution in [0.3, 0.4) is 0 Å². The summed E-state index contributed by atoms with van der Waals surface area (Å²) in [7, 11) is 0. The fourth-order valence-electron chi connectivity index (χ4n) is 4.13. The Morgan fingerprint density at radius 2 is 2.25 bits per heavy atom. The van der Waals surface area contributed by atoms with Gasteiger partial charge >= 0.3 is 5.97 Å². The van der Waals surface area contributed by atoms with Crippen LogP contribution in [0, 0.1) is 16.7 Å². The predicted molar refractivity (Wildman–Crippen MR) is 73.5 cm³/mol. The second kappa shape index (κ2) is 4.35. The number of hydrogen-bond acceptors (Lipinski definition) is 3. The molecular formula is C16H22O4. The maximum Gasteiger partial charge on any atom is 0.338 e. The average molecular weight is 278 g/mol. The highest BCUT2D eigenvalue weighted by molar-refractivity contribution is 5.87. The molecule has 4 nitrogen and oxygen atoms in total. The van der Waals surface area contributed by atoms with Crippen LogP contribution in [0.5, 0.6) is 0 Å². The summed E-state index contributed by atoms with van der Waals surface area (Å²) in [5.74, 6) is 0.364. The number of aromatic carboxylic acids is 1. The minimum Gasteiger partial charge on any atom is -0.478 e. The third kappa shape index (κ3) is 1.81. The summed E-state index contributed by atoms with van der Waals surface area (Å²) < 4.78 is 11.3. The normalized spacial score (nSPS) is 34.5. The Labute approximate surface area is 119 Å². The van der Waals surface area contributed by atoms with Crippen molar-refractivity contribution in [3.05, 3.63) is 23.7 Å². The molecule has 2 aliphatic carbocycles. The van der Waals surface area contributed by atoms with Gasteiger partial charge in [0.1, 0.15) is 18.6 Å². The van der Waals surface area contributed by atoms with Crippen molar-refractivity contribution < 1.29 is 19.1 Å². The number of fused-ring (bicyclic) bond motifs is 2. The van der Waals surface area contributed by atoms with Gasteiger partial charge in [-0.05, 0) is 42.1 Å². The topological polar surface area (TPSA) is 59.7 Å². The smallest absolute Gasteiger partial charge is 0.338 e. The average Bonchev–Trinajstić information content (AvgIpc) is 2.98. The molecule has 1 N–H and O–H groups in total. The fourth-order valence-corrected chi connectivity index (χ4v) is 4.13. The molecule has 2 bridgehead atoms. The first-order valence-corrected chi connectivity index (χ1v) is 7.27. The second-order valence-electron chi connectivity index (χ2n) is 7.02. The van der Waals surface area contributed by atoms with Crippen molar-refractivity contribution in [1.82, 2.24) is 0 Å².